The number of hydrazone groups is 1. The number of amides is 1. The molecule has 17 heavy (non-hydrogen) atoms. The second kappa shape index (κ2) is 8.30. The van der Waals surface area contributed by atoms with Crippen LogP contribution in [0.5, 0.6) is 0 Å². The zero-order chi connectivity index (χ0) is 13.3. The minimum atomic E-state index is -0.198. The van der Waals surface area contributed by atoms with Crippen molar-refractivity contribution in [1.82, 2.24) is 10.3 Å². The number of carbonyl (C=O) groups excluding carboxylic acids is 1. The molecule has 0 aliphatic rings. The largest absolute Gasteiger partial charge is 0.360 e. The summed E-state index contributed by atoms with van der Waals surface area (Å²) in [6.45, 7) is 1.72. The van der Waals surface area contributed by atoms with Crippen LogP contribution in [0.25, 0.3) is 0 Å². The van der Waals surface area contributed by atoms with Crippen molar-refractivity contribution in [3.63, 3.8) is 0 Å². The highest BCUT2D eigenvalue weighted by Gasteiger charge is 2.00. The molecular weight excluding hydrogens is 242 g/mol. The molecule has 0 heterocycles. The lowest BCUT2D eigenvalue weighted by Crippen LogP contribution is -2.28. The van der Waals surface area contributed by atoms with Gasteiger partial charge in [-0.1, -0.05) is 18.5 Å². The van der Waals surface area contributed by atoms with Gasteiger partial charge in [0.25, 0.3) is 0 Å². The fourth-order valence-corrected chi connectivity index (χ4v) is 0.751. The SMILES string of the molecule is CCC(=O)NN=C(C=NC(Cl)=CC#N)N(C)C. The molecule has 0 aromatic rings. The monoisotopic (exact) mass is 255 g/mol. The van der Waals surface area contributed by atoms with Crippen LogP contribution in [0.2, 0.25) is 0 Å². The van der Waals surface area contributed by atoms with Crippen LogP contribution < -0.4 is 5.43 Å². The molecule has 0 atom stereocenters. The Labute approximate surface area is 105 Å². The lowest BCUT2D eigenvalue weighted by atomic mass is 10.5. The molecule has 1 N–H and O–H groups in total. The summed E-state index contributed by atoms with van der Waals surface area (Å²) in [4.78, 5) is 16.5. The average molecular weight is 256 g/mol. The molecular formula is C10H14ClN5O. The number of halogens is 1. The molecule has 0 aliphatic carbocycles. The van der Waals surface area contributed by atoms with Crippen LogP contribution in [0.1, 0.15) is 13.3 Å². The predicted molar refractivity (Wildman–Crippen MR) is 67.6 cm³/mol. The normalized spacial score (nSPS) is 12.4. The summed E-state index contributed by atoms with van der Waals surface area (Å²) in [6.07, 6.45) is 2.79. The number of hydrogen-bond donors (Lipinski definition) is 1. The Hall–Kier alpha value is -1.87. The van der Waals surface area contributed by atoms with Crippen molar-refractivity contribution in [1.29, 1.82) is 5.26 Å². The van der Waals surface area contributed by atoms with Gasteiger partial charge in [-0.25, -0.2) is 10.4 Å². The molecule has 0 saturated carbocycles. The number of allylic oxidation sites excluding steroid dienone is 1. The molecule has 0 spiro atoms. The third-order valence-corrected chi connectivity index (χ3v) is 1.77. The van der Waals surface area contributed by atoms with E-state index in [1.54, 1.807) is 32.0 Å². The molecule has 0 saturated heterocycles. The summed E-state index contributed by atoms with van der Waals surface area (Å²) >= 11 is 5.60. The van der Waals surface area contributed by atoms with Crippen LogP contribution in [0, 0.1) is 11.3 Å². The van der Waals surface area contributed by atoms with Gasteiger partial charge in [-0.2, -0.15) is 10.4 Å². The van der Waals surface area contributed by atoms with Gasteiger partial charge >= 0.3 is 0 Å². The molecule has 1 amide bonds. The van der Waals surface area contributed by atoms with Crippen LogP contribution in [0.15, 0.2) is 21.3 Å². The number of rotatable bonds is 4. The van der Waals surface area contributed by atoms with E-state index in [0.717, 1.165) is 6.08 Å². The van der Waals surface area contributed by atoms with Gasteiger partial charge in [0.1, 0.15) is 5.16 Å². The van der Waals surface area contributed by atoms with Crippen LogP contribution >= 0.6 is 11.6 Å². The number of hydrogen-bond acceptors (Lipinski definition) is 4. The first-order valence-electron chi connectivity index (χ1n) is 4.84. The maximum atomic E-state index is 11.0. The molecule has 0 unspecified atom stereocenters. The Balaban J connectivity index is 4.72. The number of amidine groups is 1. The minimum Gasteiger partial charge on any atom is -0.360 e. The molecule has 92 valence electrons. The predicted octanol–water partition coefficient (Wildman–Crippen LogP) is 1.06. The van der Waals surface area contributed by atoms with E-state index in [2.05, 4.69) is 15.5 Å². The zero-order valence-electron chi connectivity index (χ0n) is 9.94. The second-order valence-electron chi connectivity index (χ2n) is 3.11. The van der Waals surface area contributed by atoms with E-state index in [1.807, 2.05) is 0 Å². The zero-order valence-corrected chi connectivity index (χ0v) is 10.7. The smallest absolute Gasteiger partial charge is 0.239 e. The number of nitrogens with one attached hydrogen (secondary N) is 1. The van der Waals surface area contributed by atoms with Crippen molar-refractivity contribution in [3.05, 3.63) is 11.2 Å². The Kier molecular flexibility index (Phi) is 7.39. The quantitative estimate of drug-likeness (QED) is 0.268. The second-order valence-corrected chi connectivity index (χ2v) is 3.49. The highest BCUT2D eigenvalue weighted by atomic mass is 35.5. The fraction of sp³-hybridized carbons (Fsp3) is 0.400. The molecule has 0 rings (SSSR count). The first kappa shape index (κ1) is 15.1. The van der Waals surface area contributed by atoms with E-state index in [1.165, 1.54) is 6.21 Å². The minimum absolute atomic E-state index is 0.0452. The molecule has 0 aliphatic heterocycles. The lowest BCUT2D eigenvalue weighted by Gasteiger charge is -2.11. The summed E-state index contributed by atoms with van der Waals surface area (Å²) in [5, 5.41) is 12.2. The van der Waals surface area contributed by atoms with Crippen molar-refractivity contribution >= 4 is 29.6 Å². The van der Waals surface area contributed by atoms with E-state index < -0.39 is 0 Å². The van der Waals surface area contributed by atoms with E-state index in [4.69, 9.17) is 16.9 Å². The van der Waals surface area contributed by atoms with E-state index in [0.29, 0.717) is 12.3 Å². The van der Waals surface area contributed by atoms with Crippen molar-refractivity contribution in [2.75, 3.05) is 14.1 Å². The van der Waals surface area contributed by atoms with E-state index in [-0.39, 0.29) is 11.1 Å². The van der Waals surface area contributed by atoms with E-state index >= 15 is 0 Å². The number of nitrogens with zero attached hydrogens (tertiary/aromatic N) is 4. The third-order valence-electron chi connectivity index (χ3n) is 1.56. The summed E-state index contributed by atoms with van der Waals surface area (Å²) in [6, 6.07) is 1.75. The summed E-state index contributed by atoms with van der Waals surface area (Å²) < 4.78 is 0. The van der Waals surface area contributed by atoms with Gasteiger partial charge < -0.3 is 4.90 Å². The molecule has 0 aromatic heterocycles. The van der Waals surface area contributed by atoms with Gasteiger partial charge in [-0.3, -0.25) is 4.79 Å². The van der Waals surface area contributed by atoms with Crippen molar-refractivity contribution < 1.29 is 4.79 Å². The Bertz CT molecular complexity index is 392. The topological polar surface area (TPSA) is 80.8 Å². The number of carbonyl (C=O) groups is 1. The summed E-state index contributed by atoms with van der Waals surface area (Å²) in [5.74, 6) is 0.215. The molecule has 6 nitrogen and oxygen atoms in total. The first-order valence-corrected chi connectivity index (χ1v) is 5.22. The van der Waals surface area contributed by atoms with Gasteiger partial charge in [-0.05, 0) is 0 Å². The van der Waals surface area contributed by atoms with Gasteiger partial charge in [0, 0.05) is 20.5 Å². The maximum Gasteiger partial charge on any atom is 0.239 e. The van der Waals surface area contributed by atoms with E-state index in [9.17, 15) is 4.79 Å². The average Bonchev–Trinajstić information content (AvgIpc) is 2.28. The fourth-order valence-electron chi connectivity index (χ4n) is 0.653. The van der Waals surface area contributed by atoms with Crippen LogP contribution in [-0.4, -0.2) is 37.0 Å². The van der Waals surface area contributed by atoms with Gasteiger partial charge in [0.2, 0.25) is 5.91 Å². The standard InChI is InChI=1S/C10H14ClN5O/c1-4-10(17)15-14-9(16(2)3)7-13-8(11)5-6-12/h5,7H,4H2,1-3H3,(H,15,17). The van der Waals surface area contributed by atoms with Crippen molar-refractivity contribution in [3.8, 4) is 6.07 Å². The van der Waals surface area contributed by atoms with Crippen LogP contribution in [0.3, 0.4) is 0 Å². The third kappa shape index (κ3) is 7.09. The van der Waals surface area contributed by atoms with Crippen LogP contribution in [0.4, 0.5) is 0 Å². The Morgan fingerprint density at radius 1 is 1.59 bits per heavy atom. The van der Waals surface area contributed by atoms with Gasteiger partial charge in [0.05, 0.1) is 18.4 Å². The van der Waals surface area contributed by atoms with Crippen LogP contribution in [-0.2, 0) is 4.79 Å². The van der Waals surface area contributed by atoms with Crippen molar-refractivity contribution in [2.24, 2.45) is 10.1 Å². The molecule has 0 fully saturated rings. The number of nitriles is 1. The molecule has 0 radical (unpaired) electrons. The summed E-state index contributed by atoms with van der Waals surface area (Å²) in [5.41, 5.74) is 2.36. The Morgan fingerprint density at radius 3 is 2.71 bits per heavy atom. The molecule has 0 bridgehead atoms. The molecule has 7 heteroatoms. The van der Waals surface area contributed by atoms with Gasteiger partial charge in [0.15, 0.2) is 5.84 Å². The lowest BCUT2D eigenvalue weighted by molar-refractivity contribution is -0.120. The first-order chi connectivity index (χ1) is 8.01. The van der Waals surface area contributed by atoms with Gasteiger partial charge in [-0.15, -0.1) is 0 Å². The Morgan fingerprint density at radius 2 is 2.24 bits per heavy atom. The number of aliphatic imine (C=N–C) groups is 1. The maximum absolute atomic E-state index is 11.0. The summed E-state index contributed by atoms with van der Waals surface area (Å²) in [7, 11) is 3.48. The highest BCUT2D eigenvalue weighted by molar-refractivity contribution is 6.34. The van der Waals surface area contributed by atoms with Crippen molar-refractivity contribution in [2.45, 2.75) is 13.3 Å². The highest BCUT2D eigenvalue weighted by Crippen LogP contribution is 2.00. The molecule has 0 aromatic carbocycles.